The second kappa shape index (κ2) is 8.33. The van der Waals surface area contributed by atoms with Crippen LogP contribution in [0.4, 0.5) is 0 Å². The van der Waals surface area contributed by atoms with Crippen LogP contribution in [0.1, 0.15) is 18.4 Å². The molecule has 2 aromatic carbocycles. The molecular weight excluding hydrogens is 320 g/mol. The van der Waals surface area contributed by atoms with Gasteiger partial charge in [-0.15, -0.1) is 0 Å². The van der Waals surface area contributed by atoms with Gasteiger partial charge >= 0.3 is 0 Å². The number of ether oxygens (including phenoxy) is 1. The number of hydrogen-bond donors (Lipinski definition) is 0. The molecule has 0 atom stereocenters. The van der Waals surface area contributed by atoms with Crippen molar-refractivity contribution in [3.8, 4) is 5.75 Å². The van der Waals surface area contributed by atoms with Crippen LogP contribution in [0.25, 0.3) is 10.9 Å². The number of nitrogens with zero attached hydrogens (tertiary/aromatic N) is 2. The summed E-state index contributed by atoms with van der Waals surface area (Å²) in [5.74, 6) is 1.71. The monoisotopic (exact) mass is 346 g/mol. The summed E-state index contributed by atoms with van der Waals surface area (Å²) < 4.78 is 6.04. The van der Waals surface area contributed by atoms with E-state index < -0.39 is 0 Å². The van der Waals surface area contributed by atoms with Gasteiger partial charge in [0.2, 0.25) is 0 Å². The van der Waals surface area contributed by atoms with E-state index in [2.05, 4.69) is 52.3 Å². The summed E-state index contributed by atoms with van der Waals surface area (Å²) in [5, 5.41) is 1.13. The molecule has 1 saturated heterocycles. The lowest BCUT2D eigenvalue weighted by atomic mass is 9.90. The second-order valence-corrected chi connectivity index (χ2v) is 7.15. The summed E-state index contributed by atoms with van der Waals surface area (Å²) in [6.45, 7) is 4.06. The standard InChI is InChI=1S/C23H26N2O/c1-2-6-19(7-3-1)18-20-11-14-25(15-12-20)16-17-26-22-10-4-8-21-9-5-13-24-23(21)22/h1-10,13,20H,11-12,14-18H2. The van der Waals surface area contributed by atoms with E-state index in [1.807, 2.05) is 24.4 Å². The van der Waals surface area contributed by atoms with Crippen molar-refractivity contribution >= 4 is 10.9 Å². The SMILES string of the molecule is c1ccc(CC2CCN(CCOc3cccc4cccnc34)CC2)cc1. The lowest BCUT2D eigenvalue weighted by Gasteiger charge is -2.31. The maximum Gasteiger partial charge on any atom is 0.145 e. The first kappa shape index (κ1) is 17.0. The van der Waals surface area contributed by atoms with Crippen molar-refractivity contribution in [1.82, 2.24) is 9.88 Å². The van der Waals surface area contributed by atoms with Crippen LogP contribution >= 0.6 is 0 Å². The average Bonchev–Trinajstić information content (AvgIpc) is 2.70. The van der Waals surface area contributed by atoms with Gasteiger partial charge in [0.05, 0.1) is 0 Å². The molecule has 3 nitrogen and oxygen atoms in total. The Balaban J connectivity index is 1.24. The second-order valence-electron chi connectivity index (χ2n) is 7.15. The first-order chi connectivity index (χ1) is 12.9. The third-order valence-electron chi connectivity index (χ3n) is 5.34. The molecule has 134 valence electrons. The van der Waals surface area contributed by atoms with E-state index in [0.29, 0.717) is 0 Å². The molecule has 26 heavy (non-hydrogen) atoms. The van der Waals surface area contributed by atoms with Gasteiger partial charge in [-0.05, 0) is 56.0 Å². The molecule has 0 aliphatic carbocycles. The van der Waals surface area contributed by atoms with Gasteiger partial charge in [0, 0.05) is 18.1 Å². The molecule has 1 aliphatic heterocycles. The summed E-state index contributed by atoms with van der Waals surface area (Å²) in [6.07, 6.45) is 5.61. The maximum absolute atomic E-state index is 6.04. The van der Waals surface area contributed by atoms with Crippen LogP contribution < -0.4 is 4.74 Å². The number of piperidine rings is 1. The summed E-state index contributed by atoms with van der Waals surface area (Å²) in [7, 11) is 0. The number of pyridine rings is 1. The Hall–Kier alpha value is -2.39. The molecule has 3 heteroatoms. The molecular formula is C23H26N2O. The van der Waals surface area contributed by atoms with Crippen molar-refractivity contribution in [1.29, 1.82) is 0 Å². The lowest BCUT2D eigenvalue weighted by Crippen LogP contribution is -2.37. The van der Waals surface area contributed by atoms with Crippen molar-refractivity contribution in [2.45, 2.75) is 19.3 Å². The molecule has 4 rings (SSSR count). The smallest absolute Gasteiger partial charge is 0.145 e. The van der Waals surface area contributed by atoms with Gasteiger partial charge in [-0.1, -0.05) is 48.5 Å². The molecule has 0 saturated carbocycles. The molecule has 0 N–H and O–H groups in total. The van der Waals surface area contributed by atoms with Gasteiger partial charge < -0.3 is 4.74 Å². The van der Waals surface area contributed by atoms with Crippen LogP contribution in [0.5, 0.6) is 5.75 Å². The summed E-state index contributed by atoms with van der Waals surface area (Å²) >= 11 is 0. The topological polar surface area (TPSA) is 25.4 Å². The van der Waals surface area contributed by atoms with Crippen molar-refractivity contribution in [3.05, 3.63) is 72.4 Å². The number of benzene rings is 2. The van der Waals surface area contributed by atoms with Crippen LogP contribution in [-0.4, -0.2) is 36.1 Å². The molecule has 0 amide bonds. The largest absolute Gasteiger partial charge is 0.490 e. The van der Waals surface area contributed by atoms with Crippen molar-refractivity contribution in [2.75, 3.05) is 26.2 Å². The highest BCUT2D eigenvalue weighted by Gasteiger charge is 2.19. The van der Waals surface area contributed by atoms with E-state index in [4.69, 9.17) is 4.74 Å². The lowest BCUT2D eigenvalue weighted by molar-refractivity contribution is 0.155. The van der Waals surface area contributed by atoms with Gasteiger partial charge in [-0.3, -0.25) is 9.88 Å². The predicted molar refractivity (Wildman–Crippen MR) is 107 cm³/mol. The van der Waals surface area contributed by atoms with E-state index in [9.17, 15) is 0 Å². The fraction of sp³-hybridized carbons (Fsp3) is 0.348. The van der Waals surface area contributed by atoms with Crippen LogP contribution in [0, 0.1) is 5.92 Å². The Labute approximate surface area is 155 Å². The minimum atomic E-state index is 0.721. The fourth-order valence-corrected chi connectivity index (χ4v) is 3.84. The third-order valence-corrected chi connectivity index (χ3v) is 5.34. The van der Waals surface area contributed by atoms with E-state index in [1.165, 1.54) is 37.9 Å². The molecule has 0 bridgehead atoms. The fourth-order valence-electron chi connectivity index (χ4n) is 3.84. The Morgan fingerprint density at radius 1 is 0.923 bits per heavy atom. The first-order valence-electron chi connectivity index (χ1n) is 9.61. The first-order valence-corrected chi connectivity index (χ1v) is 9.61. The summed E-state index contributed by atoms with van der Waals surface area (Å²) in [4.78, 5) is 6.99. The zero-order valence-electron chi connectivity index (χ0n) is 15.2. The highest BCUT2D eigenvalue weighted by atomic mass is 16.5. The quantitative estimate of drug-likeness (QED) is 0.654. The van der Waals surface area contributed by atoms with Gasteiger partial charge in [-0.2, -0.15) is 0 Å². The average molecular weight is 346 g/mol. The molecule has 2 heterocycles. The molecule has 1 aromatic heterocycles. The van der Waals surface area contributed by atoms with Gasteiger partial charge in [-0.25, -0.2) is 0 Å². The number of hydrogen-bond acceptors (Lipinski definition) is 3. The highest BCUT2D eigenvalue weighted by molar-refractivity contribution is 5.84. The van der Waals surface area contributed by atoms with E-state index in [1.54, 1.807) is 0 Å². The predicted octanol–water partition coefficient (Wildman–Crippen LogP) is 4.57. The van der Waals surface area contributed by atoms with Crippen LogP contribution in [0.15, 0.2) is 66.9 Å². The van der Waals surface area contributed by atoms with Gasteiger partial charge in [0.1, 0.15) is 17.9 Å². The minimum Gasteiger partial charge on any atom is -0.490 e. The number of fused-ring (bicyclic) bond motifs is 1. The Morgan fingerprint density at radius 2 is 1.73 bits per heavy atom. The van der Waals surface area contributed by atoms with E-state index in [0.717, 1.165) is 35.7 Å². The van der Waals surface area contributed by atoms with E-state index in [-0.39, 0.29) is 0 Å². The number of aromatic nitrogens is 1. The number of likely N-dealkylation sites (tertiary alicyclic amines) is 1. The van der Waals surface area contributed by atoms with Crippen LogP contribution in [-0.2, 0) is 6.42 Å². The van der Waals surface area contributed by atoms with E-state index >= 15 is 0 Å². The molecule has 1 aliphatic rings. The van der Waals surface area contributed by atoms with Gasteiger partial charge in [0.25, 0.3) is 0 Å². The summed E-state index contributed by atoms with van der Waals surface area (Å²) in [5.41, 5.74) is 2.43. The Kier molecular flexibility index (Phi) is 5.46. The van der Waals surface area contributed by atoms with Crippen molar-refractivity contribution in [2.24, 2.45) is 5.92 Å². The number of rotatable bonds is 6. The van der Waals surface area contributed by atoms with Crippen molar-refractivity contribution in [3.63, 3.8) is 0 Å². The van der Waals surface area contributed by atoms with Crippen molar-refractivity contribution < 1.29 is 4.74 Å². The summed E-state index contributed by atoms with van der Waals surface area (Å²) in [6, 6.07) is 21.0. The molecule has 0 unspecified atom stereocenters. The third kappa shape index (κ3) is 4.23. The zero-order valence-corrected chi connectivity index (χ0v) is 15.2. The Morgan fingerprint density at radius 3 is 2.58 bits per heavy atom. The zero-order chi connectivity index (χ0) is 17.6. The Bertz CT molecular complexity index is 820. The van der Waals surface area contributed by atoms with Crippen LogP contribution in [0.2, 0.25) is 0 Å². The normalized spacial score (nSPS) is 16.0. The number of para-hydroxylation sites is 1. The van der Waals surface area contributed by atoms with Crippen LogP contribution in [0.3, 0.4) is 0 Å². The molecule has 0 radical (unpaired) electrons. The molecule has 0 spiro atoms. The molecule has 3 aromatic rings. The minimum absolute atomic E-state index is 0.721. The highest BCUT2D eigenvalue weighted by Crippen LogP contribution is 2.24. The van der Waals surface area contributed by atoms with Gasteiger partial charge in [0.15, 0.2) is 0 Å². The molecule has 1 fully saturated rings. The maximum atomic E-state index is 6.04.